The van der Waals surface area contributed by atoms with E-state index in [4.69, 9.17) is 10.5 Å². The maximum absolute atomic E-state index is 11.9. The van der Waals surface area contributed by atoms with Crippen LogP contribution >= 0.6 is 23.1 Å². The molecule has 1 aromatic heterocycles. The smallest absolute Gasteiger partial charge is 0.339 e. The van der Waals surface area contributed by atoms with Crippen molar-refractivity contribution in [3.05, 3.63) is 41.3 Å². The Hall–Kier alpha value is -1.46. The van der Waals surface area contributed by atoms with E-state index in [1.54, 1.807) is 36.5 Å². The number of ether oxygens (including phenoxy) is 1. The Morgan fingerprint density at radius 3 is 2.89 bits per heavy atom. The first-order valence-electron chi connectivity index (χ1n) is 5.49. The minimum Gasteiger partial charge on any atom is -0.462 e. The Bertz CT molecular complexity index is 538. The lowest BCUT2D eigenvalue weighted by molar-refractivity contribution is 0.0522. The van der Waals surface area contributed by atoms with E-state index in [1.165, 1.54) is 11.8 Å². The van der Waals surface area contributed by atoms with Gasteiger partial charge in [0.2, 0.25) is 0 Å². The molecule has 0 saturated carbocycles. The molecule has 2 N–H and O–H groups in total. The normalized spacial score (nSPS) is 10.3. The van der Waals surface area contributed by atoms with Crippen LogP contribution in [0.3, 0.4) is 0 Å². The second-order valence-electron chi connectivity index (χ2n) is 3.48. The molecule has 3 nitrogen and oxygen atoms in total. The molecule has 0 radical (unpaired) electrons. The number of esters is 1. The quantitative estimate of drug-likeness (QED) is 0.685. The minimum atomic E-state index is -0.330. The maximum Gasteiger partial charge on any atom is 0.339 e. The first kappa shape index (κ1) is 13.0. The second-order valence-corrected chi connectivity index (χ2v) is 5.74. The number of carbonyl (C=O) groups is 1. The van der Waals surface area contributed by atoms with Crippen molar-refractivity contribution < 1.29 is 9.53 Å². The van der Waals surface area contributed by atoms with Gasteiger partial charge in [-0.15, -0.1) is 11.3 Å². The molecule has 0 amide bonds. The molecule has 0 aliphatic rings. The highest BCUT2D eigenvalue weighted by atomic mass is 32.2. The topological polar surface area (TPSA) is 52.3 Å². The van der Waals surface area contributed by atoms with Crippen molar-refractivity contribution in [3.63, 3.8) is 0 Å². The van der Waals surface area contributed by atoms with Gasteiger partial charge in [0.25, 0.3) is 0 Å². The third kappa shape index (κ3) is 2.86. The predicted molar refractivity (Wildman–Crippen MR) is 75.3 cm³/mol. The molecule has 0 aliphatic carbocycles. The number of anilines is 1. The molecule has 18 heavy (non-hydrogen) atoms. The van der Waals surface area contributed by atoms with E-state index in [1.807, 2.05) is 17.5 Å². The highest BCUT2D eigenvalue weighted by molar-refractivity contribution is 8.01. The summed E-state index contributed by atoms with van der Waals surface area (Å²) in [5, 5.41) is 1.99. The summed E-state index contributed by atoms with van der Waals surface area (Å²) in [6.07, 6.45) is 0. The van der Waals surface area contributed by atoms with Gasteiger partial charge in [0, 0.05) is 5.69 Å². The summed E-state index contributed by atoms with van der Waals surface area (Å²) in [6.45, 7) is 2.15. The minimum absolute atomic E-state index is 0.330. The summed E-state index contributed by atoms with van der Waals surface area (Å²) >= 11 is 3.11. The van der Waals surface area contributed by atoms with Gasteiger partial charge in [0.15, 0.2) is 0 Å². The Morgan fingerprint density at radius 2 is 2.22 bits per heavy atom. The third-order valence-electron chi connectivity index (χ3n) is 2.24. The van der Waals surface area contributed by atoms with Crippen LogP contribution < -0.4 is 5.73 Å². The number of carbonyl (C=O) groups excluding carboxylic acids is 1. The molecule has 0 saturated heterocycles. The van der Waals surface area contributed by atoms with Gasteiger partial charge in [-0.3, -0.25) is 0 Å². The number of benzene rings is 1. The molecule has 0 spiro atoms. The second kappa shape index (κ2) is 5.93. The SMILES string of the molecule is CCOC(=O)c1cccc(N)c1Sc1cccs1. The van der Waals surface area contributed by atoms with Crippen molar-refractivity contribution in [2.24, 2.45) is 0 Å². The highest BCUT2D eigenvalue weighted by Gasteiger charge is 2.16. The van der Waals surface area contributed by atoms with Crippen LogP contribution in [0.25, 0.3) is 0 Å². The number of nitrogens with two attached hydrogens (primary N) is 1. The fourth-order valence-electron chi connectivity index (χ4n) is 1.46. The summed E-state index contributed by atoms with van der Waals surface area (Å²) in [4.78, 5) is 12.6. The van der Waals surface area contributed by atoms with Gasteiger partial charge < -0.3 is 10.5 Å². The van der Waals surface area contributed by atoms with Gasteiger partial charge >= 0.3 is 5.97 Å². The van der Waals surface area contributed by atoms with Gasteiger partial charge in [0.1, 0.15) is 0 Å². The van der Waals surface area contributed by atoms with E-state index in [0.717, 1.165) is 9.10 Å². The zero-order chi connectivity index (χ0) is 13.0. The number of thiophene rings is 1. The van der Waals surface area contributed by atoms with Crippen LogP contribution in [0.5, 0.6) is 0 Å². The van der Waals surface area contributed by atoms with E-state index < -0.39 is 0 Å². The number of rotatable bonds is 4. The van der Waals surface area contributed by atoms with Crippen molar-refractivity contribution in [1.29, 1.82) is 0 Å². The van der Waals surface area contributed by atoms with Crippen LogP contribution in [0.1, 0.15) is 17.3 Å². The van der Waals surface area contributed by atoms with Crippen LogP contribution in [-0.4, -0.2) is 12.6 Å². The zero-order valence-electron chi connectivity index (χ0n) is 9.88. The maximum atomic E-state index is 11.9. The fraction of sp³-hybridized carbons (Fsp3) is 0.154. The van der Waals surface area contributed by atoms with Crippen molar-refractivity contribution in [1.82, 2.24) is 0 Å². The lowest BCUT2D eigenvalue weighted by Crippen LogP contribution is -2.07. The van der Waals surface area contributed by atoms with Gasteiger partial charge in [-0.1, -0.05) is 23.9 Å². The molecule has 0 unspecified atom stereocenters. The van der Waals surface area contributed by atoms with Gasteiger partial charge in [-0.05, 0) is 30.5 Å². The summed E-state index contributed by atoms with van der Waals surface area (Å²) in [6, 6.07) is 9.26. The number of hydrogen-bond acceptors (Lipinski definition) is 5. The molecular formula is C13H13NO2S2. The lowest BCUT2D eigenvalue weighted by Gasteiger charge is -2.10. The molecule has 0 fully saturated rings. The average molecular weight is 279 g/mol. The van der Waals surface area contributed by atoms with Crippen LogP contribution in [0.4, 0.5) is 5.69 Å². The Morgan fingerprint density at radius 1 is 1.39 bits per heavy atom. The third-order valence-corrected chi connectivity index (χ3v) is 4.44. The van der Waals surface area contributed by atoms with Gasteiger partial charge in [-0.25, -0.2) is 4.79 Å². The van der Waals surface area contributed by atoms with Gasteiger partial charge in [0.05, 0.1) is 21.3 Å². The summed E-state index contributed by atoms with van der Waals surface area (Å²) in [7, 11) is 0. The van der Waals surface area contributed by atoms with Gasteiger partial charge in [-0.2, -0.15) is 0 Å². The largest absolute Gasteiger partial charge is 0.462 e. The highest BCUT2D eigenvalue weighted by Crippen LogP contribution is 2.37. The van der Waals surface area contributed by atoms with E-state index in [9.17, 15) is 4.79 Å². The summed E-state index contributed by atoms with van der Waals surface area (Å²) in [5.41, 5.74) is 7.07. The van der Waals surface area contributed by atoms with Crippen LogP contribution in [0.2, 0.25) is 0 Å². The monoisotopic (exact) mass is 279 g/mol. The Labute approximate surface area is 114 Å². The number of nitrogen functional groups attached to an aromatic ring is 1. The van der Waals surface area contributed by atoms with Crippen molar-refractivity contribution in [3.8, 4) is 0 Å². The van der Waals surface area contributed by atoms with E-state index >= 15 is 0 Å². The molecular weight excluding hydrogens is 266 g/mol. The molecule has 2 aromatic rings. The first-order chi connectivity index (χ1) is 8.72. The average Bonchev–Trinajstić information content (AvgIpc) is 2.85. The van der Waals surface area contributed by atoms with Crippen molar-refractivity contribution in [2.75, 3.05) is 12.3 Å². The fourth-order valence-corrected chi connectivity index (χ4v) is 3.31. The van der Waals surface area contributed by atoms with Crippen LogP contribution in [-0.2, 0) is 4.74 Å². The molecule has 1 aromatic carbocycles. The molecule has 5 heteroatoms. The van der Waals surface area contributed by atoms with Crippen LogP contribution in [0, 0.1) is 0 Å². The molecule has 0 atom stereocenters. The standard InChI is InChI=1S/C13H13NO2S2/c1-2-16-13(15)9-5-3-6-10(14)12(9)18-11-7-4-8-17-11/h3-8H,2,14H2,1H3. The van der Waals surface area contributed by atoms with E-state index in [-0.39, 0.29) is 5.97 Å². The van der Waals surface area contributed by atoms with Crippen molar-refractivity contribution in [2.45, 2.75) is 16.0 Å². The number of hydrogen-bond donors (Lipinski definition) is 1. The molecule has 0 aliphatic heterocycles. The first-order valence-corrected chi connectivity index (χ1v) is 7.19. The zero-order valence-corrected chi connectivity index (χ0v) is 11.5. The molecule has 1 heterocycles. The molecule has 2 rings (SSSR count). The van der Waals surface area contributed by atoms with E-state index in [0.29, 0.717) is 17.9 Å². The molecule has 0 bridgehead atoms. The predicted octanol–water partition coefficient (Wildman–Crippen LogP) is 3.66. The van der Waals surface area contributed by atoms with Crippen LogP contribution in [0.15, 0.2) is 44.8 Å². The Balaban J connectivity index is 2.35. The Kier molecular flexibility index (Phi) is 4.28. The summed E-state index contributed by atoms with van der Waals surface area (Å²) in [5.74, 6) is -0.330. The van der Waals surface area contributed by atoms with Crippen molar-refractivity contribution >= 4 is 34.8 Å². The molecule has 94 valence electrons. The summed E-state index contributed by atoms with van der Waals surface area (Å²) < 4.78 is 6.13. The lowest BCUT2D eigenvalue weighted by atomic mass is 10.2. The van der Waals surface area contributed by atoms with E-state index in [2.05, 4.69) is 0 Å².